The van der Waals surface area contributed by atoms with Crippen LogP contribution in [0.3, 0.4) is 0 Å². The van der Waals surface area contributed by atoms with Crippen LogP contribution in [0.25, 0.3) is 32.7 Å². The Morgan fingerprint density at radius 2 is 0.848 bits per heavy atom. The van der Waals surface area contributed by atoms with Crippen molar-refractivity contribution in [3.63, 3.8) is 0 Å². The minimum Gasteiger partial charge on any atom is -0.507 e. The van der Waals surface area contributed by atoms with Gasteiger partial charge in [0.15, 0.2) is 23.0 Å². The topological polar surface area (TPSA) is 223 Å². The summed E-state index contributed by atoms with van der Waals surface area (Å²) < 4.78 is 0. The smallest absolute Gasteiger partial charge is 0.208 e. The fraction of sp³-hybridized carbons (Fsp3) is 0.0909. The largest absolute Gasteiger partial charge is 0.507 e. The highest BCUT2D eigenvalue weighted by Crippen LogP contribution is 2.62. The molecule has 172 valence electrons. The third-order valence-corrected chi connectivity index (χ3v) is 5.86. The van der Waals surface area contributed by atoms with Crippen LogP contribution in [0.5, 0.6) is 63.2 Å². The van der Waals surface area contributed by atoms with Crippen molar-refractivity contribution in [1.29, 1.82) is 0 Å². The van der Waals surface area contributed by atoms with Gasteiger partial charge in [0.25, 0.3) is 0 Å². The molecule has 0 radical (unpaired) electrons. The van der Waals surface area contributed by atoms with Crippen LogP contribution < -0.4 is 0 Å². The zero-order valence-electron chi connectivity index (χ0n) is 17.0. The second-order valence-electron chi connectivity index (χ2n) is 7.55. The Morgan fingerprint density at radius 3 is 1.36 bits per heavy atom. The summed E-state index contributed by atoms with van der Waals surface area (Å²) >= 11 is 0. The Kier molecular flexibility index (Phi) is 4.28. The van der Waals surface area contributed by atoms with Gasteiger partial charge in [-0.3, -0.25) is 0 Å². The predicted molar refractivity (Wildman–Crippen MR) is 115 cm³/mol. The highest BCUT2D eigenvalue weighted by Gasteiger charge is 2.32. The van der Waals surface area contributed by atoms with E-state index in [4.69, 9.17) is 0 Å². The molecule has 0 aromatic heterocycles. The van der Waals surface area contributed by atoms with Crippen LogP contribution in [0, 0.1) is 13.8 Å². The molecule has 0 aliphatic carbocycles. The van der Waals surface area contributed by atoms with Crippen LogP contribution in [0.15, 0.2) is 6.07 Å². The molecule has 11 N–H and O–H groups in total. The van der Waals surface area contributed by atoms with Gasteiger partial charge < -0.3 is 56.2 Å². The Hall–Kier alpha value is -4.80. The summed E-state index contributed by atoms with van der Waals surface area (Å²) in [5, 5.41) is 112. The number of phenols is 11. The lowest BCUT2D eigenvalue weighted by molar-refractivity contribution is 0.330. The van der Waals surface area contributed by atoms with Gasteiger partial charge in [-0.1, -0.05) is 0 Å². The normalized spacial score (nSPS) is 11.5. The number of hydrogen-bond donors (Lipinski definition) is 11. The number of hydrogen-bond acceptors (Lipinski definition) is 11. The van der Waals surface area contributed by atoms with E-state index in [1.165, 1.54) is 13.8 Å². The minimum atomic E-state index is -1.27. The molecule has 4 aromatic carbocycles. The third-order valence-electron chi connectivity index (χ3n) is 5.86. The number of aromatic hydroxyl groups is 11. The molecule has 0 heterocycles. The van der Waals surface area contributed by atoms with E-state index in [2.05, 4.69) is 0 Å². The highest BCUT2D eigenvalue weighted by molar-refractivity contribution is 6.24. The molecule has 0 aliphatic heterocycles. The van der Waals surface area contributed by atoms with Crippen molar-refractivity contribution in [2.24, 2.45) is 0 Å². The molecule has 11 heteroatoms. The van der Waals surface area contributed by atoms with Gasteiger partial charge in [0.1, 0.15) is 17.2 Å². The first-order chi connectivity index (χ1) is 15.3. The molecule has 33 heavy (non-hydrogen) atoms. The molecule has 0 atom stereocenters. The standard InChI is InChI=1S/C22H18O11/c1-4-5(2)14(25)12-10(13(4)24)9(11-18(29)20(31)22(33)21(32)19(11)30)8-6(15(12)26)3-7(23)16(27)17(8)28/h3,23-33H,1-2H3. The number of phenolic OH excluding ortho intramolecular Hbond substituents is 11. The maximum atomic E-state index is 10.9. The SMILES string of the molecule is Cc1c(C)c(O)c2c(-c3c(O)c(O)c(O)c(O)c3O)c3c(O)c(O)c(O)cc3c(O)c2c1O. The number of rotatable bonds is 1. The quantitative estimate of drug-likeness (QED) is 0.113. The van der Waals surface area contributed by atoms with Crippen molar-refractivity contribution < 1.29 is 56.2 Å². The van der Waals surface area contributed by atoms with E-state index in [9.17, 15) is 56.2 Å². The molecule has 0 saturated heterocycles. The van der Waals surface area contributed by atoms with Crippen LogP contribution in [-0.2, 0) is 0 Å². The van der Waals surface area contributed by atoms with Gasteiger partial charge in [0, 0.05) is 21.7 Å². The Morgan fingerprint density at radius 1 is 0.394 bits per heavy atom. The summed E-state index contributed by atoms with van der Waals surface area (Å²) in [6.45, 7) is 2.82. The van der Waals surface area contributed by atoms with Crippen molar-refractivity contribution in [2.75, 3.05) is 0 Å². The predicted octanol–water partition coefficient (Wildman–Crippen LogP) is 3.04. The average molecular weight is 458 g/mol. The van der Waals surface area contributed by atoms with Crippen LogP contribution in [0.1, 0.15) is 11.1 Å². The molecule has 0 spiro atoms. The fourth-order valence-corrected chi connectivity index (χ4v) is 3.96. The molecular weight excluding hydrogens is 440 g/mol. The van der Waals surface area contributed by atoms with Gasteiger partial charge in [-0.05, 0) is 31.0 Å². The second-order valence-corrected chi connectivity index (χ2v) is 7.55. The van der Waals surface area contributed by atoms with Gasteiger partial charge in [-0.15, -0.1) is 0 Å². The number of benzene rings is 4. The van der Waals surface area contributed by atoms with E-state index in [-0.39, 0.29) is 11.1 Å². The zero-order valence-corrected chi connectivity index (χ0v) is 17.0. The van der Waals surface area contributed by atoms with E-state index in [0.717, 1.165) is 6.07 Å². The first kappa shape index (κ1) is 21.4. The van der Waals surface area contributed by atoms with Crippen LogP contribution in [0.2, 0.25) is 0 Å². The molecule has 0 aliphatic rings. The van der Waals surface area contributed by atoms with Crippen molar-refractivity contribution in [2.45, 2.75) is 13.8 Å². The molecule has 11 nitrogen and oxygen atoms in total. The van der Waals surface area contributed by atoms with E-state index in [0.29, 0.717) is 0 Å². The van der Waals surface area contributed by atoms with E-state index < -0.39 is 95.9 Å². The van der Waals surface area contributed by atoms with Gasteiger partial charge in [-0.25, -0.2) is 0 Å². The average Bonchev–Trinajstić information content (AvgIpc) is 2.78. The van der Waals surface area contributed by atoms with Crippen molar-refractivity contribution in [3.05, 3.63) is 17.2 Å². The maximum absolute atomic E-state index is 10.9. The fourth-order valence-electron chi connectivity index (χ4n) is 3.96. The summed E-state index contributed by atoms with van der Waals surface area (Å²) in [7, 11) is 0. The summed E-state index contributed by atoms with van der Waals surface area (Å²) in [6.07, 6.45) is 0. The van der Waals surface area contributed by atoms with Crippen molar-refractivity contribution >= 4 is 21.5 Å². The molecule has 0 fully saturated rings. The molecule has 0 saturated carbocycles. The highest BCUT2D eigenvalue weighted by atomic mass is 16.4. The lowest BCUT2D eigenvalue weighted by Gasteiger charge is -2.21. The van der Waals surface area contributed by atoms with Gasteiger partial charge in [0.2, 0.25) is 23.0 Å². The van der Waals surface area contributed by atoms with Crippen molar-refractivity contribution in [3.8, 4) is 74.4 Å². The van der Waals surface area contributed by atoms with Crippen LogP contribution in [-0.4, -0.2) is 56.2 Å². The molecule has 4 rings (SSSR count). The first-order valence-electron chi connectivity index (χ1n) is 9.29. The van der Waals surface area contributed by atoms with Gasteiger partial charge >= 0.3 is 0 Å². The number of fused-ring (bicyclic) bond motifs is 2. The molecule has 4 aromatic rings. The summed E-state index contributed by atoms with van der Waals surface area (Å²) in [5.41, 5.74) is -1.18. The molecular formula is C22H18O11. The summed E-state index contributed by atoms with van der Waals surface area (Å²) in [4.78, 5) is 0. The molecule has 0 amide bonds. The first-order valence-corrected chi connectivity index (χ1v) is 9.29. The van der Waals surface area contributed by atoms with Crippen LogP contribution >= 0.6 is 0 Å². The minimum absolute atomic E-state index is 0.0914. The Labute approximate surface area is 183 Å². The Bertz CT molecular complexity index is 1510. The lowest BCUT2D eigenvalue weighted by Crippen LogP contribution is -1.94. The lowest BCUT2D eigenvalue weighted by atomic mass is 9.86. The van der Waals surface area contributed by atoms with E-state index in [1.807, 2.05) is 0 Å². The van der Waals surface area contributed by atoms with Gasteiger partial charge in [0.05, 0.1) is 10.9 Å². The van der Waals surface area contributed by atoms with Crippen LogP contribution in [0.4, 0.5) is 0 Å². The zero-order chi connectivity index (χ0) is 24.7. The van der Waals surface area contributed by atoms with Gasteiger partial charge in [-0.2, -0.15) is 0 Å². The molecule has 0 bridgehead atoms. The Balaban J connectivity index is 2.51. The summed E-state index contributed by atoms with van der Waals surface area (Å²) in [5.74, 6) is -11.1. The molecule has 0 unspecified atom stereocenters. The third kappa shape index (κ3) is 2.50. The van der Waals surface area contributed by atoms with E-state index >= 15 is 0 Å². The second kappa shape index (κ2) is 6.60. The maximum Gasteiger partial charge on any atom is 0.208 e. The summed E-state index contributed by atoms with van der Waals surface area (Å²) in [6, 6.07) is 0.808. The van der Waals surface area contributed by atoms with E-state index in [1.54, 1.807) is 0 Å². The van der Waals surface area contributed by atoms with Crippen molar-refractivity contribution in [1.82, 2.24) is 0 Å². The monoisotopic (exact) mass is 458 g/mol.